The third kappa shape index (κ3) is 5.38. The summed E-state index contributed by atoms with van der Waals surface area (Å²) in [6.45, 7) is 2.37. The van der Waals surface area contributed by atoms with Crippen LogP contribution < -0.4 is 16.4 Å². The Morgan fingerprint density at radius 2 is 2.00 bits per heavy atom. The van der Waals surface area contributed by atoms with Crippen molar-refractivity contribution in [3.05, 3.63) is 23.8 Å². The summed E-state index contributed by atoms with van der Waals surface area (Å²) in [5.74, 6) is -0.277. The predicted octanol–water partition coefficient (Wildman–Crippen LogP) is 1.26. The minimum absolute atomic E-state index is 0.0109. The van der Waals surface area contributed by atoms with Crippen molar-refractivity contribution in [3.63, 3.8) is 0 Å². The van der Waals surface area contributed by atoms with E-state index in [9.17, 15) is 9.59 Å². The van der Waals surface area contributed by atoms with Gasteiger partial charge in [-0.2, -0.15) is 0 Å². The fraction of sp³-hybridized carbons (Fsp3) is 0.429. The minimum atomic E-state index is -0.213. The highest BCUT2D eigenvalue weighted by Crippen LogP contribution is 2.19. The maximum Gasteiger partial charge on any atom is 0.250 e. The minimum Gasteiger partial charge on any atom is -0.375 e. The van der Waals surface area contributed by atoms with E-state index in [0.29, 0.717) is 30.8 Å². The van der Waals surface area contributed by atoms with Gasteiger partial charge in [-0.15, -0.1) is 0 Å². The summed E-state index contributed by atoms with van der Waals surface area (Å²) < 4.78 is 4.75. The van der Waals surface area contributed by atoms with E-state index in [0.717, 1.165) is 5.56 Å². The Bertz CT molecular complexity index is 475. The second kappa shape index (κ2) is 8.29. The molecule has 110 valence electrons. The lowest BCUT2D eigenvalue weighted by molar-refractivity contribution is -0.119. The van der Waals surface area contributed by atoms with E-state index < -0.39 is 0 Å². The smallest absolute Gasteiger partial charge is 0.250 e. The number of rotatable bonds is 7. The number of anilines is 2. The van der Waals surface area contributed by atoms with Gasteiger partial charge in [-0.05, 0) is 43.7 Å². The summed E-state index contributed by atoms with van der Waals surface area (Å²) >= 11 is 0. The van der Waals surface area contributed by atoms with Crippen LogP contribution in [0.5, 0.6) is 0 Å². The number of hydrogen-bond acceptors (Lipinski definition) is 4. The van der Waals surface area contributed by atoms with Gasteiger partial charge in [0.15, 0.2) is 0 Å². The molecule has 0 aliphatic heterocycles. The standard InChI is InChI=1S/C14H21N3O3/c1-10-8-11(16-13(18)4-3-7-15)5-6-12(10)17-14(19)9-20-2/h5-6,8H,3-4,7,9,15H2,1-2H3,(H,16,18)(H,17,19). The van der Waals surface area contributed by atoms with Crippen molar-refractivity contribution in [2.75, 3.05) is 30.9 Å². The molecule has 0 atom stereocenters. The highest BCUT2D eigenvalue weighted by atomic mass is 16.5. The van der Waals surface area contributed by atoms with Gasteiger partial charge in [-0.3, -0.25) is 9.59 Å². The number of ether oxygens (including phenoxy) is 1. The van der Waals surface area contributed by atoms with E-state index in [2.05, 4.69) is 10.6 Å². The van der Waals surface area contributed by atoms with Crippen molar-refractivity contribution in [2.24, 2.45) is 5.73 Å². The second-order valence-corrected chi connectivity index (χ2v) is 4.45. The number of aryl methyl sites for hydroxylation is 1. The van der Waals surface area contributed by atoms with Gasteiger partial charge in [0.05, 0.1) is 0 Å². The van der Waals surface area contributed by atoms with Crippen LogP contribution in [0.25, 0.3) is 0 Å². The largest absolute Gasteiger partial charge is 0.375 e. The van der Waals surface area contributed by atoms with Crippen molar-refractivity contribution < 1.29 is 14.3 Å². The maximum absolute atomic E-state index is 11.6. The van der Waals surface area contributed by atoms with Crippen LogP contribution in [0.3, 0.4) is 0 Å². The Kier molecular flexibility index (Phi) is 6.69. The highest BCUT2D eigenvalue weighted by Gasteiger charge is 2.06. The van der Waals surface area contributed by atoms with Crippen LogP contribution in [0.1, 0.15) is 18.4 Å². The average molecular weight is 279 g/mol. The Morgan fingerprint density at radius 1 is 1.25 bits per heavy atom. The average Bonchev–Trinajstić information content (AvgIpc) is 2.40. The molecule has 0 aliphatic carbocycles. The molecule has 1 aromatic carbocycles. The van der Waals surface area contributed by atoms with E-state index >= 15 is 0 Å². The van der Waals surface area contributed by atoms with Crippen LogP contribution in [0.15, 0.2) is 18.2 Å². The summed E-state index contributed by atoms with van der Waals surface area (Å²) in [5.41, 5.74) is 7.63. The number of nitrogens with two attached hydrogens (primary N) is 1. The molecule has 0 fully saturated rings. The van der Waals surface area contributed by atoms with Crippen LogP contribution in [-0.2, 0) is 14.3 Å². The molecule has 6 heteroatoms. The molecule has 0 radical (unpaired) electrons. The van der Waals surface area contributed by atoms with Crippen LogP contribution in [0.2, 0.25) is 0 Å². The molecular formula is C14H21N3O3. The van der Waals surface area contributed by atoms with Crippen LogP contribution in [0, 0.1) is 6.92 Å². The summed E-state index contributed by atoms with van der Waals surface area (Å²) in [6, 6.07) is 5.31. The number of carbonyl (C=O) groups is 2. The van der Waals surface area contributed by atoms with Crippen LogP contribution in [0.4, 0.5) is 11.4 Å². The van der Waals surface area contributed by atoms with Crippen LogP contribution >= 0.6 is 0 Å². The Labute approximate surface area is 118 Å². The zero-order chi connectivity index (χ0) is 15.0. The predicted molar refractivity (Wildman–Crippen MR) is 78.6 cm³/mol. The van der Waals surface area contributed by atoms with E-state index in [4.69, 9.17) is 10.5 Å². The third-order valence-corrected chi connectivity index (χ3v) is 2.67. The fourth-order valence-electron chi connectivity index (χ4n) is 1.69. The molecule has 0 bridgehead atoms. The Morgan fingerprint density at radius 3 is 2.60 bits per heavy atom. The third-order valence-electron chi connectivity index (χ3n) is 2.67. The molecule has 0 heterocycles. The molecule has 2 amide bonds. The van der Waals surface area contributed by atoms with Gasteiger partial charge >= 0.3 is 0 Å². The molecule has 6 nitrogen and oxygen atoms in total. The first-order valence-corrected chi connectivity index (χ1v) is 6.46. The van der Waals surface area contributed by atoms with Crippen molar-refractivity contribution >= 4 is 23.2 Å². The number of benzene rings is 1. The van der Waals surface area contributed by atoms with Gasteiger partial charge in [-0.25, -0.2) is 0 Å². The molecule has 0 spiro atoms. The first-order valence-electron chi connectivity index (χ1n) is 6.46. The lowest BCUT2D eigenvalue weighted by atomic mass is 10.1. The Balaban J connectivity index is 2.63. The molecule has 4 N–H and O–H groups in total. The second-order valence-electron chi connectivity index (χ2n) is 4.45. The lowest BCUT2D eigenvalue weighted by Crippen LogP contribution is -2.18. The number of hydrogen-bond donors (Lipinski definition) is 3. The molecule has 0 aromatic heterocycles. The number of carbonyl (C=O) groups excluding carboxylic acids is 2. The molecular weight excluding hydrogens is 258 g/mol. The van der Waals surface area contributed by atoms with Gasteiger partial charge < -0.3 is 21.1 Å². The topological polar surface area (TPSA) is 93.5 Å². The highest BCUT2D eigenvalue weighted by molar-refractivity contribution is 5.94. The molecule has 0 saturated heterocycles. The molecule has 20 heavy (non-hydrogen) atoms. The van der Waals surface area contributed by atoms with Gasteiger partial charge in [0.2, 0.25) is 11.8 Å². The fourth-order valence-corrected chi connectivity index (χ4v) is 1.69. The van der Waals surface area contributed by atoms with Gasteiger partial charge in [0.1, 0.15) is 6.61 Å². The summed E-state index contributed by atoms with van der Waals surface area (Å²) in [7, 11) is 1.46. The van der Waals surface area contributed by atoms with Gasteiger partial charge in [0.25, 0.3) is 0 Å². The maximum atomic E-state index is 11.6. The first-order chi connectivity index (χ1) is 9.56. The van der Waals surface area contributed by atoms with Gasteiger partial charge in [0, 0.05) is 24.9 Å². The molecule has 1 aromatic rings. The van der Waals surface area contributed by atoms with Crippen molar-refractivity contribution in [2.45, 2.75) is 19.8 Å². The van der Waals surface area contributed by atoms with E-state index in [1.807, 2.05) is 13.0 Å². The van der Waals surface area contributed by atoms with E-state index in [1.54, 1.807) is 12.1 Å². The van der Waals surface area contributed by atoms with Crippen molar-refractivity contribution in [1.82, 2.24) is 0 Å². The van der Waals surface area contributed by atoms with Crippen LogP contribution in [-0.4, -0.2) is 32.1 Å². The number of methoxy groups -OCH3 is 1. The number of amides is 2. The lowest BCUT2D eigenvalue weighted by Gasteiger charge is -2.11. The summed E-state index contributed by atoms with van der Waals surface area (Å²) in [4.78, 5) is 23.0. The molecule has 1 rings (SSSR count). The van der Waals surface area contributed by atoms with Crippen molar-refractivity contribution in [3.8, 4) is 0 Å². The molecule has 0 unspecified atom stereocenters. The Hall–Kier alpha value is -1.92. The monoisotopic (exact) mass is 279 g/mol. The zero-order valence-corrected chi connectivity index (χ0v) is 11.9. The quantitative estimate of drug-likeness (QED) is 0.700. The molecule has 0 aliphatic rings. The number of nitrogens with one attached hydrogen (secondary N) is 2. The van der Waals surface area contributed by atoms with E-state index in [-0.39, 0.29) is 18.4 Å². The summed E-state index contributed by atoms with van der Waals surface area (Å²) in [5, 5.41) is 5.52. The SMILES string of the molecule is COCC(=O)Nc1ccc(NC(=O)CCCN)cc1C. The zero-order valence-electron chi connectivity index (χ0n) is 11.9. The van der Waals surface area contributed by atoms with E-state index in [1.165, 1.54) is 7.11 Å². The summed E-state index contributed by atoms with van der Waals surface area (Å²) in [6.07, 6.45) is 1.07. The normalized spacial score (nSPS) is 10.2. The first kappa shape index (κ1) is 16.1. The van der Waals surface area contributed by atoms with Gasteiger partial charge in [-0.1, -0.05) is 0 Å². The molecule has 0 saturated carbocycles. The van der Waals surface area contributed by atoms with Crippen molar-refractivity contribution in [1.29, 1.82) is 0 Å².